The second-order valence-electron chi connectivity index (χ2n) is 8.44. The van der Waals surface area contributed by atoms with Crippen molar-refractivity contribution in [3.05, 3.63) is 68.9 Å². The number of benzene rings is 2. The van der Waals surface area contributed by atoms with E-state index in [4.69, 9.17) is 9.47 Å². The molecule has 2 aromatic carbocycles. The number of amides is 1. The lowest BCUT2D eigenvalue weighted by molar-refractivity contribution is -0.121. The van der Waals surface area contributed by atoms with E-state index >= 15 is 0 Å². The summed E-state index contributed by atoms with van der Waals surface area (Å²) < 4.78 is 11.7. The molecule has 1 heterocycles. The van der Waals surface area contributed by atoms with Crippen molar-refractivity contribution in [1.29, 1.82) is 0 Å². The Morgan fingerprint density at radius 2 is 1.74 bits per heavy atom. The predicted molar refractivity (Wildman–Crippen MR) is 133 cm³/mol. The molecule has 0 radical (unpaired) electrons. The van der Waals surface area contributed by atoms with Gasteiger partial charge in [0.2, 0.25) is 5.91 Å². The maximum absolute atomic E-state index is 12.9. The van der Waals surface area contributed by atoms with E-state index in [-0.39, 0.29) is 24.1 Å². The van der Waals surface area contributed by atoms with E-state index in [1.165, 1.54) is 24.4 Å². The molecule has 8 nitrogen and oxygen atoms in total. The van der Waals surface area contributed by atoms with Crippen molar-refractivity contribution in [1.82, 2.24) is 14.9 Å². The number of unbranched alkanes of at least 4 members (excludes halogenated alkanes) is 2. The fraction of sp³-hybridized carbons (Fsp3) is 0.423. The Kier molecular flexibility index (Phi) is 8.90. The SMILES string of the molecule is COc1cc2[nH]c(=O)n(CCCCCC(=O)NC(C)CCc3ccccc3)c(=O)c2cc1OC. The lowest BCUT2D eigenvalue weighted by Crippen LogP contribution is -2.35. The maximum Gasteiger partial charge on any atom is 0.328 e. The van der Waals surface area contributed by atoms with Crippen LogP contribution in [-0.2, 0) is 17.8 Å². The smallest absolute Gasteiger partial charge is 0.328 e. The molecule has 182 valence electrons. The summed E-state index contributed by atoms with van der Waals surface area (Å²) in [6.45, 7) is 2.30. The highest BCUT2D eigenvalue weighted by Crippen LogP contribution is 2.29. The molecule has 0 saturated heterocycles. The molecule has 1 amide bonds. The lowest BCUT2D eigenvalue weighted by Gasteiger charge is -2.14. The van der Waals surface area contributed by atoms with Gasteiger partial charge < -0.3 is 19.8 Å². The number of aromatic nitrogens is 2. The number of carbonyl (C=O) groups excluding carboxylic acids is 1. The monoisotopic (exact) mass is 467 g/mol. The number of ether oxygens (including phenoxy) is 2. The summed E-state index contributed by atoms with van der Waals surface area (Å²) >= 11 is 0. The van der Waals surface area contributed by atoms with Crippen LogP contribution < -0.4 is 26.0 Å². The first kappa shape index (κ1) is 25.1. The zero-order chi connectivity index (χ0) is 24.5. The van der Waals surface area contributed by atoms with Gasteiger partial charge in [0.25, 0.3) is 5.56 Å². The van der Waals surface area contributed by atoms with Crippen molar-refractivity contribution >= 4 is 16.8 Å². The van der Waals surface area contributed by atoms with Crippen LogP contribution >= 0.6 is 0 Å². The third-order valence-corrected chi connectivity index (χ3v) is 5.89. The predicted octanol–water partition coefficient (Wildman–Crippen LogP) is 3.40. The number of methoxy groups -OCH3 is 2. The fourth-order valence-corrected chi connectivity index (χ4v) is 3.96. The molecule has 1 aromatic heterocycles. The van der Waals surface area contributed by atoms with Crippen molar-refractivity contribution in [3.8, 4) is 11.5 Å². The van der Waals surface area contributed by atoms with Crippen LogP contribution in [0.5, 0.6) is 11.5 Å². The Morgan fingerprint density at radius 1 is 1.03 bits per heavy atom. The van der Waals surface area contributed by atoms with Crippen LogP contribution in [0.4, 0.5) is 0 Å². The molecule has 2 N–H and O–H groups in total. The van der Waals surface area contributed by atoms with Crippen molar-refractivity contribution in [2.75, 3.05) is 14.2 Å². The Balaban J connectivity index is 1.47. The van der Waals surface area contributed by atoms with Crippen LogP contribution in [0.25, 0.3) is 10.9 Å². The second-order valence-corrected chi connectivity index (χ2v) is 8.44. The topological polar surface area (TPSA) is 102 Å². The molecule has 0 aliphatic heterocycles. The number of H-pyrrole nitrogens is 1. The van der Waals surface area contributed by atoms with Gasteiger partial charge >= 0.3 is 5.69 Å². The van der Waals surface area contributed by atoms with E-state index in [2.05, 4.69) is 22.4 Å². The number of carbonyl (C=O) groups is 1. The molecule has 0 aliphatic carbocycles. The Morgan fingerprint density at radius 3 is 2.44 bits per heavy atom. The molecule has 8 heteroatoms. The zero-order valence-corrected chi connectivity index (χ0v) is 20.1. The minimum atomic E-state index is -0.463. The van der Waals surface area contributed by atoms with Gasteiger partial charge in [0, 0.05) is 25.1 Å². The number of rotatable bonds is 12. The van der Waals surface area contributed by atoms with Gasteiger partial charge in [-0.25, -0.2) is 4.79 Å². The van der Waals surface area contributed by atoms with Crippen molar-refractivity contribution in [2.45, 2.75) is 58.0 Å². The molecule has 0 aliphatic rings. The van der Waals surface area contributed by atoms with Gasteiger partial charge in [-0.3, -0.25) is 14.2 Å². The maximum atomic E-state index is 12.9. The van der Waals surface area contributed by atoms with Crippen LogP contribution in [0.15, 0.2) is 52.1 Å². The largest absolute Gasteiger partial charge is 0.493 e. The number of fused-ring (bicyclic) bond motifs is 1. The van der Waals surface area contributed by atoms with Gasteiger partial charge in [-0.15, -0.1) is 0 Å². The summed E-state index contributed by atoms with van der Waals surface area (Å²) in [6.07, 6.45) is 4.30. The Bertz CT molecular complexity index is 1220. The zero-order valence-electron chi connectivity index (χ0n) is 20.1. The summed E-state index contributed by atoms with van der Waals surface area (Å²) in [5.74, 6) is 0.896. The Hall–Kier alpha value is -3.55. The summed E-state index contributed by atoms with van der Waals surface area (Å²) in [4.78, 5) is 40.3. The number of aryl methyl sites for hydroxylation is 1. The average molecular weight is 468 g/mol. The first-order valence-corrected chi connectivity index (χ1v) is 11.6. The van der Waals surface area contributed by atoms with Gasteiger partial charge in [-0.05, 0) is 44.2 Å². The number of hydrogen-bond acceptors (Lipinski definition) is 5. The van der Waals surface area contributed by atoms with Gasteiger partial charge in [0.05, 0.1) is 25.1 Å². The molecule has 3 rings (SSSR count). The second kappa shape index (κ2) is 12.1. The van der Waals surface area contributed by atoms with E-state index in [1.807, 2.05) is 25.1 Å². The molecule has 0 spiro atoms. The van der Waals surface area contributed by atoms with Gasteiger partial charge in [0.1, 0.15) is 0 Å². The van der Waals surface area contributed by atoms with E-state index in [0.29, 0.717) is 41.7 Å². The van der Waals surface area contributed by atoms with Gasteiger partial charge in [-0.2, -0.15) is 0 Å². The normalized spacial score (nSPS) is 11.9. The van der Waals surface area contributed by atoms with Crippen molar-refractivity contribution in [3.63, 3.8) is 0 Å². The van der Waals surface area contributed by atoms with Crippen LogP contribution in [0, 0.1) is 0 Å². The number of hydrogen-bond donors (Lipinski definition) is 2. The fourth-order valence-electron chi connectivity index (χ4n) is 3.96. The van der Waals surface area contributed by atoms with Crippen molar-refractivity contribution in [2.24, 2.45) is 0 Å². The molecule has 0 saturated carbocycles. The Labute approximate surface area is 198 Å². The third-order valence-electron chi connectivity index (χ3n) is 5.89. The van der Waals surface area contributed by atoms with E-state index < -0.39 is 5.69 Å². The summed E-state index contributed by atoms with van der Waals surface area (Å²) in [7, 11) is 2.99. The summed E-state index contributed by atoms with van der Waals surface area (Å²) in [5, 5.41) is 3.41. The van der Waals surface area contributed by atoms with Crippen LogP contribution in [0.2, 0.25) is 0 Å². The van der Waals surface area contributed by atoms with Crippen LogP contribution in [0.1, 0.15) is 44.6 Å². The van der Waals surface area contributed by atoms with E-state index in [0.717, 1.165) is 19.3 Å². The number of nitrogens with one attached hydrogen (secondary N) is 2. The van der Waals surface area contributed by atoms with Gasteiger partial charge in [0.15, 0.2) is 11.5 Å². The van der Waals surface area contributed by atoms with Crippen LogP contribution in [-0.4, -0.2) is 35.7 Å². The first-order valence-electron chi connectivity index (χ1n) is 11.6. The summed E-state index contributed by atoms with van der Waals surface area (Å²) in [5.41, 5.74) is 0.835. The average Bonchev–Trinajstić information content (AvgIpc) is 2.84. The molecule has 1 unspecified atom stereocenters. The van der Waals surface area contributed by atoms with Gasteiger partial charge in [-0.1, -0.05) is 36.8 Å². The highest BCUT2D eigenvalue weighted by Gasteiger charge is 2.13. The highest BCUT2D eigenvalue weighted by molar-refractivity contribution is 5.81. The minimum Gasteiger partial charge on any atom is -0.493 e. The minimum absolute atomic E-state index is 0.0299. The molecule has 3 aromatic rings. The third kappa shape index (κ3) is 6.50. The first-order chi connectivity index (χ1) is 16.4. The molecule has 34 heavy (non-hydrogen) atoms. The molecule has 1 atom stereocenters. The highest BCUT2D eigenvalue weighted by atomic mass is 16.5. The van der Waals surface area contributed by atoms with Crippen molar-refractivity contribution < 1.29 is 14.3 Å². The molecule has 0 fully saturated rings. The quantitative estimate of drug-likeness (QED) is 0.398. The lowest BCUT2D eigenvalue weighted by atomic mass is 10.1. The summed E-state index contributed by atoms with van der Waals surface area (Å²) in [6, 6.07) is 13.5. The molecular formula is C26H33N3O5. The standard InChI is InChI=1S/C26H33N3O5/c1-18(13-14-19-10-6-4-7-11-19)27-24(30)12-8-5-9-15-29-25(31)20-16-22(33-2)23(34-3)17-21(20)28-26(29)32/h4,6-7,10-11,16-18H,5,8-9,12-15H2,1-3H3,(H,27,30)(H,28,32). The number of nitrogens with zero attached hydrogens (tertiary/aromatic N) is 1. The van der Waals surface area contributed by atoms with E-state index in [1.54, 1.807) is 12.1 Å². The number of aromatic amines is 1. The van der Waals surface area contributed by atoms with E-state index in [9.17, 15) is 14.4 Å². The van der Waals surface area contributed by atoms with Crippen LogP contribution in [0.3, 0.4) is 0 Å². The molecular weight excluding hydrogens is 434 g/mol. The molecule has 0 bridgehead atoms.